The average Bonchev–Trinajstić information content (AvgIpc) is 0.751. The standard InChI is InChI=1S/C54H34.C30H21BO2.C24H15Br/c1-2-13-37-31-39(24-23-35(37)11-1)38-14-9-15-43(33-38)53-49-17-5-7-19-51(49)54(52-20-8-6-18-50(52)53)44-28-26-40-32-42(27-25-41(40)34-44)46-21-10-22-47-45-16-4-3-12-36(45)29-30-48(46)47;32-31(33)30-27-16-5-3-14-25(27)29(26-15-4-6-17-28(26)30)22-12-7-11-21(19-22)24-18-8-10-20-9-1-2-13-23(20)24;25-20-12-10-17-14-19(9-8-18(17)15-20)22-6-3-7-23-21-5-2-1-4-16(21)11-13-24(22)23/h1-34H;1-19,32-33H;1-15H. The predicted octanol–water partition coefficient (Wildman–Crippen LogP) is 29.0. The van der Waals surface area contributed by atoms with Gasteiger partial charge < -0.3 is 10.0 Å². The van der Waals surface area contributed by atoms with Crippen molar-refractivity contribution in [2.45, 2.75) is 0 Å². The topological polar surface area (TPSA) is 40.5 Å². The molecule has 0 saturated heterocycles. The third kappa shape index (κ3) is 12.3. The first kappa shape index (κ1) is 67.8. The molecule has 0 bridgehead atoms. The molecule has 0 unspecified atom stereocenters. The maximum absolute atomic E-state index is 10.2. The Bertz CT molecular complexity index is 7410. The third-order valence-corrected chi connectivity index (χ3v) is 23.3. The minimum Gasteiger partial charge on any atom is -0.423 e. The monoisotopic (exact) mass is 1490 g/mol. The first-order valence-corrected chi connectivity index (χ1v) is 39.0. The van der Waals surface area contributed by atoms with E-state index < -0.39 is 7.12 Å². The second-order valence-corrected chi connectivity index (χ2v) is 30.1. The molecule has 0 aliphatic rings. The van der Waals surface area contributed by atoms with E-state index in [1.165, 1.54) is 169 Å². The molecule has 0 aliphatic heterocycles. The van der Waals surface area contributed by atoms with Gasteiger partial charge in [0, 0.05) is 4.47 Å². The van der Waals surface area contributed by atoms with Crippen molar-refractivity contribution in [2.75, 3.05) is 0 Å². The molecular weight excluding hydrogens is 1420 g/mol. The molecule has 0 saturated carbocycles. The summed E-state index contributed by atoms with van der Waals surface area (Å²) in [6, 6.07) is 148. The van der Waals surface area contributed by atoms with Crippen LogP contribution in [-0.2, 0) is 0 Å². The minimum absolute atomic E-state index is 0.551. The summed E-state index contributed by atoms with van der Waals surface area (Å²) < 4.78 is 1.12. The lowest BCUT2D eigenvalue weighted by Crippen LogP contribution is -2.31. The zero-order valence-corrected chi connectivity index (χ0v) is 62.7. The van der Waals surface area contributed by atoms with E-state index in [0.717, 1.165) is 42.7 Å². The van der Waals surface area contributed by atoms with Crippen molar-refractivity contribution in [2.24, 2.45) is 0 Å². The summed E-state index contributed by atoms with van der Waals surface area (Å²) in [5.74, 6) is 0. The smallest absolute Gasteiger partial charge is 0.423 e. The zero-order valence-electron chi connectivity index (χ0n) is 61.1. The first-order chi connectivity index (χ1) is 55.3. The van der Waals surface area contributed by atoms with E-state index in [0.29, 0.717) is 5.46 Å². The average molecular weight is 1490 g/mol. The van der Waals surface area contributed by atoms with E-state index in [1.54, 1.807) is 0 Å². The number of hydrogen-bond acceptors (Lipinski definition) is 2. The number of hydrogen-bond donors (Lipinski definition) is 2. The van der Waals surface area contributed by atoms with Crippen molar-refractivity contribution in [1.29, 1.82) is 0 Å². The third-order valence-electron chi connectivity index (χ3n) is 22.8. The first-order valence-electron chi connectivity index (χ1n) is 38.2. The highest BCUT2D eigenvalue weighted by molar-refractivity contribution is 9.10. The summed E-state index contributed by atoms with van der Waals surface area (Å²) >= 11 is 3.55. The van der Waals surface area contributed by atoms with Gasteiger partial charge in [-0.1, -0.05) is 380 Å². The van der Waals surface area contributed by atoms with E-state index in [-0.39, 0.29) is 0 Å². The van der Waals surface area contributed by atoms with E-state index in [1.807, 2.05) is 36.4 Å². The van der Waals surface area contributed by atoms with Gasteiger partial charge in [-0.2, -0.15) is 0 Å². The lowest BCUT2D eigenvalue weighted by molar-refractivity contribution is 0.426. The SMILES string of the molecule is Brc1ccc2cc(-c3cccc4c3ccc3ccccc34)ccc2c1.OB(O)c1c2ccccc2c(-c2cccc(-c3cccc4ccccc34)c2)c2ccccc12.c1cc(-c2ccc3ccccc3c2)cc(-c2c3ccccc3c(-c3ccc4cc(-c5cccc6c5ccc5ccccc56)ccc4c3)c3ccccc23)c1. The van der Waals surface area contributed by atoms with E-state index in [4.69, 9.17) is 0 Å². The lowest BCUT2D eigenvalue weighted by atomic mass is 9.72. The molecule has 524 valence electrons. The van der Waals surface area contributed by atoms with E-state index in [9.17, 15) is 10.0 Å². The van der Waals surface area contributed by atoms with Crippen molar-refractivity contribution >= 4 is 158 Å². The quantitative estimate of drug-likeness (QED) is 0.0904. The molecule has 0 aromatic heterocycles. The van der Waals surface area contributed by atoms with Crippen LogP contribution in [0.3, 0.4) is 0 Å². The molecule has 2 N–H and O–H groups in total. The molecular formula is C108H70BBrO2. The highest BCUT2D eigenvalue weighted by atomic mass is 79.9. The summed E-state index contributed by atoms with van der Waals surface area (Å²) in [6.07, 6.45) is 0. The van der Waals surface area contributed by atoms with Gasteiger partial charge in [-0.05, 0) is 261 Å². The van der Waals surface area contributed by atoms with Crippen molar-refractivity contribution in [3.63, 3.8) is 0 Å². The molecule has 0 atom stereocenters. The van der Waals surface area contributed by atoms with Gasteiger partial charge in [0.25, 0.3) is 0 Å². The van der Waals surface area contributed by atoms with Crippen molar-refractivity contribution in [1.82, 2.24) is 0 Å². The Kier molecular flexibility index (Phi) is 17.4. The molecule has 0 spiro atoms. The summed E-state index contributed by atoms with van der Waals surface area (Å²) in [4.78, 5) is 0. The Hall–Kier alpha value is -13.6. The van der Waals surface area contributed by atoms with Gasteiger partial charge >= 0.3 is 7.12 Å². The molecule has 0 radical (unpaired) electrons. The van der Waals surface area contributed by atoms with Crippen LogP contribution in [0, 0.1) is 0 Å². The number of halogens is 1. The summed E-state index contributed by atoms with van der Waals surface area (Å²) in [5.41, 5.74) is 17.6. The van der Waals surface area contributed by atoms with Crippen molar-refractivity contribution in [3.05, 3.63) is 417 Å². The van der Waals surface area contributed by atoms with Gasteiger partial charge in [-0.3, -0.25) is 0 Å². The Morgan fingerprint density at radius 2 is 0.429 bits per heavy atom. The van der Waals surface area contributed by atoms with Gasteiger partial charge in [0.2, 0.25) is 0 Å². The van der Waals surface area contributed by atoms with Crippen LogP contribution in [0.15, 0.2) is 417 Å². The maximum atomic E-state index is 10.2. The highest BCUT2D eigenvalue weighted by Crippen LogP contribution is 2.47. The van der Waals surface area contributed by atoms with Crippen LogP contribution in [0.1, 0.15) is 0 Å². The number of benzene rings is 22. The van der Waals surface area contributed by atoms with Crippen LogP contribution in [-0.4, -0.2) is 17.2 Å². The van der Waals surface area contributed by atoms with Crippen LogP contribution in [0.25, 0.3) is 207 Å². The fourth-order valence-electron chi connectivity index (χ4n) is 17.6. The molecule has 22 aromatic carbocycles. The number of rotatable bonds is 8. The molecule has 4 heteroatoms. The molecule has 0 fully saturated rings. The van der Waals surface area contributed by atoms with Gasteiger partial charge in [-0.15, -0.1) is 0 Å². The van der Waals surface area contributed by atoms with E-state index >= 15 is 0 Å². The predicted molar refractivity (Wildman–Crippen MR) is 485 cm³/mol. The fourth-order valence-corrected chi connectivity index (χ4v) is 18.0. The zero-order chi connectivity index (χ0) is 74.8. The summed E-state index contributed by atoms with van der Waals surface area (Å²) in [5, 5.41) is 49.6. The normalized spacial score (nSPS) is 11.5. The van der Waals surface area contributed by atoms with Gasteiger partial charge in [0.1, 0.15) is 0 Å². The second kappa shape index (κ2) is 28.8. The van der Waals surface area contributed by atoms with Gasteiger partial charge in [0.15, 0.2) is 0 Å². The van der Waals surface area contributed by atoms with Crippen LogP contribution >= 0.6 is 15.9 Å². The Morgan fingerprint density at radius 1 is 0.161 bits per heavy atom. The van der Waals surface area contributed by atoms with Gasteiger partial charge in [0.05, 0.1) is 0 Å². The number of fused-ring (bicyclic) bond motifs is 14. The molecule has 0 heterocycles. The molecule has 0 aliphatic carbocycles. The lowest BCUT2D eigenvalue weighted by Gasteiger charge is -2.18. The van der Waals surface area contributed by atoms with Crippen molar-refractivity contribution in [3.8, 4) is 77.9 Å². The summed E-state index contributed by atoms with van der Waals surface area (Å²) in [6.45, 7) is 0. The molecule has 22 aromatic rings. The Morgan fingerprint density at radius 3 is 0.938 bits per heavy atom. The fraction of sp³-hybridized carbons (Fsp3) is 0. The largest absolute Gasteiger partial charge is 0.489 e. The van der Waals surface area contributed by atoms with Crippen LogP contribution < -0.4 is 5.46 Å². The van der Waals surface area contributed by atoms with Crippen LogP contribution in [0.5, 0.6) is 0 Å². The van der Waals surface area contributed by atoms with Gasteiger partial charge in [-0.25, -0.2) is 0 Å². The maximum Gasteiger partial charge on any atom is 0.489 e. The Balaban J connectivity index is 0.000000120. The minimum atomic E-state index is -1.55. The molecule has 112 heavy (non-hydrogen) atoms. The molecule has 22 rings (SSSR count). The summed E-state index contributed by atoms with van der Waals surface area (Å²) in [7, 11) is -1.55. The van der Waals surface area contributed by atoms with Crippen molar-refractivity contribution < 1.29 is 10.0 Å². The van der Waals surface area contributed by atoms with E-state index in [2.05, 4.69) is 392 Å². The second-order valence-electron chi connectivity index (χ2n) is 29.2. The van der Waals surface area contributed by atoms with Crippen LogP contribution in [0.4, 0.5) is 0 Å². The molecule has 0 amide bonds. The highest BCUT2D eigenvalue weighted by Gasteiger charge is 2.24. The molecule has 2 nitrogen and oxygen atoms in total. The van der Waals surface area contributed by atoms with Crippen LogP contribution in [0.2, 0.25) is 0 Å². The Labute approximate surface area is 657 Å².